The molecule has 2 atom stereocenters. The van der Waals surface area contributed by atoms with Crippen molar-refractivity contribution in [3.8, 4) is 6.07 Å². The van der Waals surface area contributed by atoms with Crippen LogP contribution in [0.4, 0.5) is 0 Å². The lowest BCUT2D eigenvalue weighted by atomic mass is 10.1. The molecule has 18 heavy (non-hydrogen) atoms. The number of ether oxygens (including phenoxy) is 1. The summed E-state index contributed by atoms with van der Waals surface area (Å²) >= 11 is 0. The van der Waals surface area contributed by atoms with Crippen molar-refractivity contribution in [3.63, 3.8) is 0 Å². The number of nitrogens with zero attached hydrogens (tertiary/aromatic N) is 4. The molecule has 6 heteroatoms. The van der Waals surface area contributed by atoms with E-state index >= 15 is 0 Å². The van der Waals surface area contributed by atoms with Crippen molar-refractivity contribution in [1.29, 1.82) is 5.26 Å². The smallest absolute Gasteiger partial charge is 0.228 e. The van der Waals surface area contributed by atoms with E-state index in [2.05, 4.69) is 28.0 Å². The summed E-state index contributed by atoms with van der Waals surface area (Å²) in [5.74, 6) is 0.988. The third-order valence-electron chi connectivity index (χ3n) is 3.07. The number of rotatable bonds is 4. The minimum Gasteiger partial charge on any atom is -0.367 e. The molecule has 0 bridgehead atoms. The SMILES string of the molecule is CCN1CCOC(c2noc(CC(C)C#N)n2)C1. The summed E-state index contributed by atoms with van der Waals surface area (Å²) in [5, 5.41) is 12.7. The summed E-state index contributed by atoms with van der Waals surface area (Å²) in [7, 11) is 0. The van der Waals surface area contributed by atoms with Crippen LogP contribution in [0.5, 0.6) is 0 Å². The molecule has 98 valence electrons. The molecule has 0 radical (unpaired) electrons. The van der Waals surface area contributed by atoms with Gasteiger partial charge in [-0.25, -0.2) is 0 Å². The summed E-state index contributed by atoms with van der Waals surface area (Å²) in [6, 6.07) is 2.15. The van der Waals surface area contributed by atoms with E-state index in [1.165, 1.54) is 0 Å². The highest BCUT2D eigenvalue weighted by Crippen LogP contribution is 2.20. The van der Waals surface area contributed by atoms with Gasteiger partial charge in [0.2, 0.25) is 11.7 Å². The molecule has 1 aliphatic heterocycles. The normalized spacial score (nSPS) is 22.6. The predicted molar refractivity (Wildman–Crippen MR) is 63.6 cm³/mol. The first-order chi connectivity index (χ1) is 8.72. The van der Waals surface area contributed by atoms with Crippen LogP contribution in [0.1, 0.15) is 31.7 Å². The van der Waals surface area contributed by atoms with Crippen molar-refractivity contribution < 1.29 is 9.26 Å². The molecule has 0 saturated carbocycles. The lowest BCUT2D eigenvalue weighted by Gasteiger charge is -2.30. The van der Waals surface area contributed by atoms with Gasteiger partial charge in [-0.05, 0) is 13.5 Å². The van der Waals surface area contributed by atoms with Crippen LogP contribution in [0.2, 0.25) is 0 Å². The highest BCUT2D eigenvalue weighted by molar-refractivity contribution is 4.96. The van der Waals surface area contributed by atoms with E-state index in [1.807, 2.05) is 6.92 Å². The van der Waals surface area contributed by atoms with Gasteiger partial charge >= 0.3 is 0 Å². The summed E-state index contributed by atoms with van der Waals surface area (Å²) in [5.41, 5.74) is 0. The molecule has 0 aromatic carbocycles. The Labute approximate surface area is 107 Å². The second kappa shape index (κ2) is 5.94. The molecule has 2 rings (SSSR count). The molecule has 2 heterocycles. The van der Waals surface area contributed by atoms with Crippen LogP contribution in [0.3, 0.4) is 0 Å². The number of morpholine rings is 1. The number of likely N-dealkylation sites (N-methyl/N-ethyl adjacent to an activating group) is 1. The molecular formula is C12H18N4O2. The lowest BCUT2D eigenvalue weighted by molar-refractivity contribution is -0.0334. The average molecular weight is 250 g/mol. The fourth-order valence-electron chi connectivity index (χ4n) is 1.94. The van der Waals surface area contributed by atoms with Gasteiger partial charge in [0.05, 0.1) is 18.6 Å². The molecule has 1 fully saturated rings. The molecule has 0 N–H and O–H groups in total. The molecule has 1 saturated heterocycles. The van der Waals surface area contributed by atoms with E-state index in [0.29, 0.717) is 24.7 Å². The van der Waals surface area contributed by atoms with Crippen LogP contribution < -0.4 is 0 Å². The first kappa shape index (κ1) is 13.0. The van der Waals surface area contributed by atoms with Crippen LogP contribution in [0.25, 0.3) is 0 Å². The first-order valence-electron chi connectivity index (χ1n) is 6.29. The van der Waals surface area contributed by atoms with Crippen molar-refractivity contribution in [1.82, 2.24) is 15.0 Å². The van der Waals surface area contributed by atoms with E-state index in [4.69, 9.17) is 14.5 Å². The summed E-state index contributed by atoms with van der Waals surface area (Å²) in [6.07, 6.45) is 0.377. The van der Waals surface area contributed by atoms with E-state index in [-0.39, 0.29) is 12.0 Å². The Balaban J connectivity index is 1.99. The van der Waals surface area contributed by atoms with E-state index in [1.54, 1.807) is 0 Å². The fourth-order valence-corrected chi connectivity index (χ4v) is 1.94. The maximum Gasteiger partial charge on any atom is 0.228 e. The van der Waals surface area contributed by atoms with Gasteiger partial charge in [-0.1, -0.05) is 12.1 Å². The molecule has 0 spiro atoms. The van der Waals surface area contributed by atoms with Gasteiger partial charge in [0.25, 0.3) is 0 Å². The van der Waals surface area contributed by atoms with E-state index in [0.717, 1.165) is 19.6 Å². The standard InChI is InChI=1S/C12H18N4O2/c1-3-16-4-5-17-10(8-16)12-14-11(18-15-12)6-9(2)7-13/h9-10H,3-6,8H2,1-2H3. The van der Waals surface area contributed by atoms with Crippen LogP contribution in [0, 0.1) is 17.2 Å². The van der Waals surface area contributed by atoms with Gasteiger partial charge < -0.3 is 9.26 Å². The highest BCUT2D eigenvalue weighted by Gasteiger charge is 2.25. The monoisotopic (exact) mass is 250 g/mol. The van der Waals surface area contributed by atoms with Crippen LogP contribution in [0.15, 0.2) is 4.52 Å². The van der Waals surface area contributed by atoms with Crippen molar-refractivity contribution in [2.75, 3.05) is 26.2 Å². The second-order valence-electron chi connectivity index (χ2n) is 4.53. The zero-order valence-corrected chi connectivity index (χ0v) is 10.8. The Hall–Kier alpha value is -1.45. The molecule has 1 aromatic rings. The predicted octanol–water partition coefficient (Wildman–Crippen LogP) is 1.16. The van der Waals surface area contributed by atoms with Crippen LogP contribution in [-0.2, 0) is 11.2 Å². The number of aromatic nitrogens is 2. The highest BCUT2D eigenvalue weighted by atomic mass is 16.5. The second-order valence-corrected chi connectivity index (χ2v) is 4.53. The summed E-state index contributed by atoms with van der Waals surface area (Å²) < 4.78 is 10.8. The van der Waals surface area contributed by atoms with Gasteiger partial charge in [0, 0.05) is 19.5 Å². The summed E-state index contributed by atoms with van der Waals surface area (Å²) in [6.45, 7) is 7.39. The molecule has 0 amide bonds. The molecule has 0 aliphatic carbocycles. The lowest BCUT2D eigenvalue weighted by Crippen LogP contribution is -2.38. The first-order valence-corrected chi connectivity index (χ1v) is 6.29. The Morgan fingerprint density at radius 2 is 2.44 bits per heavy atom. The van der Waals surface area contributed by atoms with Crippen molar-refractivity contribution in [3.05, 3.63) is 11.7 Å². The largest absolute Gasteiger partial charge is 0.367 e. The van der Waals surface area contributed by atoms with Gasteiger partial charge in [-0.3, -0.25) is 4.90 Å². The topological polar surface area (TPSA) is 75.2 Å². The average Bonchev–Trinajstić information content (AvgIpc) is 2.87. The molecule has 6 nitrogen and oxygen atoms in total. The van der Waals surface area contributed by atoms with Crippen molar-refractivity contribution >= 4 is 0 Å². The Bertz CT molecular complexity index is 426. The number of hydrogen-bond donors (Lipinski definition) is 0. The van der Waals surface area contributed by atoms with E-state index < -0.39 is 0 Å². The molecule has 1 aliphatic rings. The quantitative estimate of drug-likeness (QED) is 0.798. The fraction of sp³-hybridized carbons (Fsp3) is 0.750. The number of nitriles is 1. The van der Waals surface area contributed by atoms with Crippen LogP contribution >= 0.6 is 0 Å². The van der Waals surface area contributed by atoms with Crippen molar-refractivity contribution in [2.24, 2.45) is 5.92 Å². The van der Waals surface area contributed by atoms with Gasteiger partial charge in [-0.2, -0.15) is 10.2 Å². The zero-order valence-electron chi connectivity index (χ0n) is 10.8. The minimum absolute atomic E-state index is 0.113. The third kappa shape index (κ3) is 3.06. The van der Waals surface area contributed by atoms with Gasteiger partial charge in [0.15, 0.2) is 0 Å². The maximum absolute atomic E-state index is 8.75. The van der Waals surface area contributed by atoms with Gasteiger partial charge in [-0.15, -0.1) is 0 Å². The third-order valence-corrected chi connectivity index (χ3v) is 3.07. The van der Waals surface area contributed by atoms with E-state index in [9.17, 15) is 0 Å². The molecule has 2 unspecified atom stereocenters. The van der Waals surface area contributed by atoms with Crippen LogP contribution in [-0.4, -0.2) is 41.3 Å². The number of hydrogen-bond acceptors (Lipinski definition) is 6. The van der Waals surface area contributed by atoms with Gasteiger partial charge in [0.1, 0.15) is 6.10 Å². The Kier molecular flexibility index (Phi) is 4.28. The maximum atomic E-state index is 8.75. The molecule has 1 aromatic heterocycles. The van der Waals surface area contributed by atoms with Crippen molar-refractivity contribution in [2.45, 2.75) is 26.4 Å². The summed E-state index contributed by atoms with van der Waals surface area (Å²) in [4.78, 5) is 6.60. The Morgan fingerprint density at radius 1 is 1.61 bits per heavy atom. The molecular weight excluding hydrogens is 232 g/mol. The Morgan fingerprint density at radius 3 is 3.17 bits per heavy atom. The zero-order chi connectivity index (χ0) is 13.0. The minimum atomic E-state index is -0.117.